The largest absolute Gasteiger partial charge is 0.497 e. The van der Waals surface area contributed by atoms with Crippen molar-refractivity contribution in [3.8, 4) is 5.75 Å². The van der Waals surface area contributed by atoms with Gasteiger partial charge >= 0.3 is 0 Å². The molecule has 0 spiro atoms. The molecule has 4 rings (SSSR count). The van der Waals surface area contributed by atoms with E-state index in [0.717, 1.165) is 31.2 Å². The van der Waals surface area contributed by atoms with Crippen molar-refractivity contribution < 1.29 is 36.9 Å². The number of allylic oxidation sites excluding steroid dienone is 1. The van der Waals surface area contributed by atoms with Gasteiger partial charge in [-0.3, -0.25) is 4.79 Å². The molecule has 2 atom stereocenters. The number of rotatable bonds is 13. The van der Waals surface area contributed by atoms with Crippen LogP contribution in [0.3, 0.4) is 0 Å². The lowest BCUT2D eigenvalue weighted by Gasteiger charge is -2.35. The molecular weight excluding hydrogens is 551 g/mol. The van der Waals surface area contributed by atoms with Gasteiger partial charge < -0.3 is 24.6 Å². The van der Waals surface area contributed by atoms with Gasteiger partial charge in [0.1, 0.15) is 11.6 Å². The summed E-state index contributed by atoms with van der Waals surface area (Å²) in [6, 6.07) is 12.0. The van der Waals surface area contributed by atoms with Crippen molar-refractivity contribution in [2.75, 3.05) is 33.4 Å². The van der Waals surface area contributed by atoms with Gasteiger partial charge in [0.25, 0.3) is 5.91 Å². The van der Waals surface area contributed by atoms with Crippen LogP contribution in [0, 0.1) is 17.7 Å². The number of nitrogens with zero attached hydrogens (tertiary/aromatic N) is 1. The lowest BCUT2D eigenvalue weighted by atomic mass is 9.77. The number of aliphatic hydroxyl groups is 1. The molecule has 1 aliphatic heterocycles. The molecule has 2 aromatic carbocycles. The van der Waals surface area contributed by atoms with E-state index < -0.39 is 16.3 Å². The second-order valence-corrected chi connectivity index (χ2v) is 12.3. The average Bonchev–Trinajstić information content (AvgIpc) is 3.00. The Labute approximate surface area is 241 Å². The number of nitrogens with one attached hydrogen (secondary N) is 1. The fourth-order valence-corrected chi connectivity index (χ4v) is 6.77. The maximum absolute atomic E-state index is 13.2. The van der Waals surface area contributed by atoms with Crippen molar-refractivity contribution in [3.63, 3.8) is 0 Å². The number of halogens is 1. The van der Waals surface area contributed by atoms with Crippen LogP contribution in [0.4, 0.5) is 4.39 Å². The summed E-state index contributed by atoms with van der Waals surface area (Å²) in [6.45, 7) is -0.204. The first kappa shape index (κ1) is 31.0. The van der Waals surface area contributed by atoms with Crippen LogP contribution in [0.2, 0.25) is 0 Å². The highest BCUT2D eigenvalue weighted by Crippen LogP contribution is 2.37. The molecule has 224 valence electrons. The quantitative estimate of drug-likeness (QED) is 0.363. The SMILES string of the molecule is COc1ccc(S(=O)(=O)N(CCO)CCO[C@H]2C[C@@H](C3CCCCC3)C=C(C(=O)NCc3ccc(F)cc3)O2)cc1. The molecule has 0 radical (unpaired) electrons. The van der Waals surface area contributed by atoms with Gasteiger partial charge in [0.2, 0.25) is 16.3 Å². The van der Waals surface area contributed by atoms with Crippen molar-refractivity contribution in [1.82, 2.24) is 9.62 Å². The average molecular weight is 591 g/mol. The molecule has 1 amide bonds. The van der Waals surface area contributed by atoms with Gasteiger partial charge in [0.15, 0.2) is 5.76 Å². The van der Waals surface area contributed by atoms with E-state index in [0.29, 0.717) is 18.1 Å². The van der Waals surface area contributed by atoms with Crippen molar-refractivity contribution in [3.05, 3.63) is 71.7 Å². The minimum Gasteiger partial charge on any atom is -0.497 e. The highest BCUT2D eigenvalue weighted by molar-refractivity contribution is 7.89. The number of amides is 1. The highest BCUT2D eigenvalue weighted by atomic mass is 32.2. The molecule has 1 aliphatic carbocycles. The Kier molecular flexibility index (Phi) is 11.1. The summed E-state index contributed by atoms with van der Waals surface area (Å²) >= 11 is 0. The Bertz CT molecular complexity index is 1260. The van der Waals surface area contributed by atoms with Gasteiger partial charge in [-0.05, 0) is 72.7 Å². The van der Waals surface area contributed by atoms with E-state index in [1.165, 1.54) is 42.1 Å². The number of carbonyl (C=O) groups is 1. The van der Waals surface area contributed by atoms with Crippen LogP contribution in [0.25, 0.3) is 0 Å². The van der Waals surface area contributed by atoms with Crippen LogP contribution in [-0.4, -0.2) is 63.4 Å². The molecule has 1 fully saturated rings. The summed E-state index contributed by atoms with van der Waals surface area (Å²) < 4.78 is 57.9. The summed E-state index contributed by atoms with van der Waals surface area (Å²) in [7, 11) is -2.38. The third kappa shape index (κ3) is 8.51. The first-order chi connectivity index (χ1) is 19.8. The zero-order valence-electron chi connectivity index (χ0n) is 23.3. The Morgan fingerprint density at radius 1 is 1.07 bits per heavy atom. The Morgan fingerprint density at radius 3 is 2.44 bits per heavy atom. The molecule has 9 nitrogen and oxygen atoms in total. The number of ether oxygens (including phenoxy) is 3. The number of benzene rings is 2. The van der Waals surface area contributed by atoms with Crippen LogP contribution in [0.5, 0.6) is 5.75 Å². The summed E-state index contributed by atoms with van der Waals surface area (Å²) in [5.41, 5.74) is 0.759. The topological polar surface area (TPSA) is 114 Å². The van der Waals surface area contributed by atoms with E-state index in [1.54, 1.807) is 24.3 Å². The standard InChI is InChI=1S/C30H39FN2O7S/c1-38-26-11-13-27(14-12-26)41(36,37)33(15-17-34)16-18-39-29-20-24(23-5-3-2-4-6-23)19-28(40-29)30(35)32-21-22-7-9-25(31)10-8-22/h7-14,19,23-24,29,34H,2-6,15-18,20-21H2,1H3,(H,32,35)/t24-,29+/m0/s1. The van der Waals surface area contributed by atoms with Crippen molar-refractivity contribution in [2.24, 2.45) is 11.8 Å². The molecule has 1 saturated carbocycles. The molecule has 0 saturated heterocycles. The Morgan fingerprint density at radius 2 is 1.78 bits per heavy atom. The van der Waals surface area contributed by atoms with Gasteiger partial charge in [-0.15, -0.1) is 0 Å². The normalized spacial score (nSPS) is 19.9. The summed E-state index contributed by atoms with van der Waals surface area (Å²) in [5, 5.41) is 12.4. The smallest absolute Gasteiger partial charge is 0.286 e. The molecular formula is C30H39FN2O7S. The van der Waals surface area contributed by atoms with Crippen molar-refractivity contribution >= 4 is 15.9 Å². The summed E-state index contributed by atoms with van der Waals surface area (Å²) in [4.78, 5) is 13.1. The maximum Gasteiger partial charge on any atom is 0.286 e. The van der Waals surface area contributed by atoms with E-state index in [-0.39, 0.29) is 61.1 Å². The van der Waals surface area contributed by atoms with Crippen LogP contribution < -0.4 is 10.1 Å². The number of aliphatic hydroxyl groups excluding tert-OH is 1. The molecule has 0 aromatic heterocycles. The number of hydrogen-bond acceptors (Lipinski definition) is 7. The van der Waals surface area contributed by atoms with E-state index >= 15 is 0 Å². The fourth-order valence-electron chi connectivity index (χ4n) is 5.35. The summed E-state index contributed by atoms with van der Waals surface area (Å²) in [6.07, 6.45) is 7.37. The predicted octanol–water partition coefficient (Wildman–Crippen LogP) is 3.98. The molecule has 1 heterocycles. The molecule has 2 aromatic rings. The zero-order chi connectivity index (χ0) is 29.2. The molecule has 2 aliphatic rings. The fraction of sp³-hybridized carbons (Fsp3) is 0.500. The van der Waals surface area contributed by atoms with Crippen LogP contribution >= 0.6 is 0 Å². The van der Waals surface area contributed by atoms with E-state index in [1.807, 2.05) is 6.08 Å². The Hall–Kier alpha value is -2.99. The van der Waals surface area contributed by atoms with Gasteiger partial charge in [-0.25, -0.2) is 12.8 Å². The number of methoxy groups -OCH3 is 1. The third-order valence-corrected chi connectivity index (χ3v) is 9.54. The van der Waals surface area contributed by atoms with Crippen molar-refractivity contribution in [2.45, 2.75) is 56.3 Å². The second kappa shape index (κ2) is 14.8. The van der Waals surface area contributed by atoms with E-state index in [9.17, 15) is 22.7 Å². The van der Waals surface area contributed by atoms with Crippen LogP contribution in [0.1, 0.15) is 44.1 Å². The maximum atomic E-state index is 13.2. The molecule has 0 bridgehead atoms. The minimum absolute atomic E-state index is 0.00130. The zero-order valence-corrected chi connectivity index (χ0v) is 24.2. The lowest BCUT2D eigenvalue weighted by molar-refractivity contribution is -0.151. The van der Waals surface area contributed by atoms with E-state index in [4.69, 9.17) is 14.2 Å². The number of sulfonamides is 1. The lowest BCUT2D eigenvalue weighted by Crippen LogP contribution is -2.39. The third-order valence-electron chi connectivity index (χ3n) is 7.62. The van der Waals surface area contributed by atoms with Gasteiger partial charge in [0.05, 0.1) is 25.2 Å². The van der Waals surface area contributed by atoms with Gasteiger partial charge in [0, 0.05) is 26.1 Å². The summed E-state index contributed by atoms with van der Waals surface area (Å²) in [5.74, 6) is 0.498. The van der Waals surface area contributed by atoms with E-state index in [2.05, 4.69) is 5.32 Å². The first-order valence-electron chi connectivity index (χ1n) is 14.1. The number of hydrogen-bond donors (Lipinski definition) is 2. The predicted molar refractivity (Wildman–Crippen MR) is 151 cm³/mol. The second-order valence-electron chi connectivity index (χ2n) is 10.4. The molecule has 2 N–H and O–H groups in total. The monoisotopic (exact) mass is 590 g/mol. The molecule has 11 heteroatoms. The first-order valence-corrected chi connectivity index (χ1v) is 15.5. The van der Waals surface area contributed by atoms with Gasteiger partial charge in [-0.1, -0.05) is 31.4 Å². The highest BCUT2D eigenvalue weighted by Gasteiger charge is 2.33. The van der Waals surface area contributed by atoms with Crippen LogP contribution in [0.15, 0.2) is 65.3 Å². The molecule has 41 heavy (non-hydrogen) atoms. The van der Waals surface area contributed by atoms with Crippen molar-refractivity contribution in [1.29, 1.82) is 0 Å². The Balaban J connectivity index is 1.40. The molecule has 0 unspecified atom stereocenters. The van der Waals surface area contributed by atoms with Gasteiger partial charge in [-0.2, -0.15) is 4.31 Å². The number of carbonyl (C=O) groups excluding carboxylic acids is 1. The van der Waals surface area contributed by atoms with Crippen LogP contribution in [-0.2, 0) is 30.8 Å². The minimum atomic E-state index is -3.88.